The Bertz CT molecular complexity index is 702. The second kappa shape index (κ2) is 7.40. The van der Waals surface area contributed by atoms with Gasteiger partial charge in [-0.3, -0.25) is 0 Å². The topological polar surface area (TPSA) is 65.0 Å². The van der Waals surface area contributed by atoms with Gasteiger partial charge in [-0.1, -0.05) is 0 Å². The number of phenolic OH excluding ortho intramolecular Hbond substituents is 1. The van der Waals surface area contributed by atoms with Gasteiger partial charge in [0.2, 0.25) is 0 Å². The van der Waals surface area contributed by atoms with E-state index in [0.717, 1.165) is 4.46 Å². The normalized spacial score (nSPS) is 10.3. The van der Waals surface area contributed by atoms with E-state index < -0.39 is 0 Å². The third-order valence-corrected chi connectivity index (χ3v) is 4.93. The molecule has 0 saturated carbocycles. The number of rotatable bonds is 6. The van der Waals surface area contributed by atoms with Gasteiger partial charge in [-0.2, -0.15) is 0 Å². The molecule has 0 atom stereocenters. The van der Waals surface area contributed by atoms with Crippen molar-refractivity contribution < 1.29 is 24.1 Å². The molecule has 0 aliphatic rings. The van der Waals surface area contributed by atoms with Crippen molar-refractivity contribution in [2.75, 3.05) is 21.3 Å². The Balaban J connectivity index is 2.49. The number of phenols is 1. The molecular formula is C17H18O5Se. The van der Waals surface area contributed by atoms with Gasteiger partial charge in [0.05, 0.1) is 0 Å². The fourth-order valence-electron chi connectivity index (χ4n) is 2.21. The molecule has 2 aromatic carbocycles. The molecule has 5 nitrogen and oxygen atoms in total. The maximum atomic E-state index is 12.7. The van der Waals surface area contributed by atoms with Crippen LogP contribution in [0.1, 0.15) is 15.9 Å². The van der Waals surface area contributed by atoms with E-state index in [2.05, 4.69) is 0 Å². The van der Waals surface area contributed by atoms with E-state index in [1.54, 1.807) is 25.3 Å². The Morgan fingerprint density at radius 3 is 2.17 bits per heavy atom. The molecule has 0 fully saturated rings. The summed E-state index contributed by atoms with van der Waals surface area (Å²) < 4.78 is 16.6. The monoisotopic (exact) mass is 382 g/mol. The van der Waals surface area contributed by atoms with E-state index in [1.807, 2.05) is 11.9 Å². The van der Waals surface area contributed by atoms with E-state index >= 15 is 0 Å². The Morgan fingerprint density at radius 1 is 0.957 bits per heavy atom. The van der Waals surface area contributed by atoms with E-state index in [4.69, 9.17) is 14.2 Å². The molecule has 0 aromatic heterocycles. The number of methoxy groups -OCH3 is 3. The predicted octanol–water partition coefficient (Wildman–Crippen LogP) is 2.03. The average molecular weight is 381 g/mol. The van der Waals surface area contributed by atoms with Crippen molar-refractivity contribution in [1.29, 1.82) is 0 Å². The molecule has 1 N–H and O–H groups in total. The minimum atomic E-state index is -0.200. The van der Waals surface area contributed by atoms with Crippen LogP contribution in [0.4, 0.5) is 0 Å². The standard InChI is InChI=1S/C17H18O5Se/c1-20-13-6-5-10(7-12(13)18)16(19)11-8-14(21-2)17(22-3)15(9-11)23-4/h5-9,18H,1-4H3. The molecule has 0 radical (unpaired) electrons. The van der Waals surface area contributed by atoms with E-state index in [9.17, 15) is 9.90 Å². The van der Waals surface area contributed by atoms with E-state index in [0.29, 0.717) is 28.4 Å². The quantitative estimate of drug-likeness (QED) is 0.613. The second-order valence-corrected chi connectivity index (χ2v) is 6.41. The van der Waals surface area contributed by atoms with Crippen molar-refractivity contribution in [3.05, 3.63) is 41.5 Å². The Morgan fingerprint density at radius 2 is 1.65 bits per heavy atom. The van der Waals surface area contributed by atoms with Crippen molar-refractivity contribution >= 4 is 25.2 Å². The first-order chi connectivity index (χ1) is 11.0. The summed E-state index contributed by atoms with van der Waals surface area (Å²) in [6.45, 7) is 0. The van der Waals surface area contributed by atoms with Crippen LogP contribution in [0.25, 0.3) is 0 Å². The van der Waals surface area contributed by atoms with Crippen molar-refractivity contribution in [2.24, 2.45) is 0 Å². The van der Waals surface area contributed by atoms with Crippen LogP contribution >= 0.6 is 0 Å². The summed E-state index contributed by atoms with van der Waals surface area (Å²) in [6.07, 6.45) is 0. The second-order valence-electron chi connectivity index (χ2n) is 4.63. The SMILES string of the molecule is COc1ccc(C(=O)c2cc(OC)c(OC)c([Se]C)c2)cc1O. The van der Waals surface area contributed by atoms with Gasteiger partial charge in [0.25, 0.3) is 0 Å². The van der Waals surface area contributed by atoms with Gasteiger partial charge in [-0.15, -0.1) is 0 Å². The molecule has 0 spiro atoms. The van der Waals surface area contributed by atoms with Gasteiger partial charge >= 0.3 is 141 Å². The molecule has 0 saturated heterocycles. The van der Waals surface area contributed by atoms with Crippen LogP contribution < -0.4 is 18.7 Å². The fraction of sp³-hybridized carbons (Fsp3) is 0.235. The van der Waals surface area contributed by atoms with Crippen LogP contribution in [-0.2, 0) is 0 Å². The maximum absolute atomic E-state index is 12.7. The number of aromatic hydroxyl groups is 1. The Kier molecular flexibility index (Phi) is 5.53. The third kappa shape index (κ3) is 3.44. The van der Waals surface area contributed by atoms with Gasteiger partial charge in [0.1, 0.15) is 0 Å². The summed E-state index contributed by atoms with van der Waals surface area (Å²) in [6, 6.07) is 8.04. The van der Waals surface area contributed by atoms with Crippen molar-refractivity contribution in [3.63, 3.8) is 0 Å². The van der Waals surface area contributed by atoms with Gasteiger partial charge < -0.3 is 0 Å². The summed E-state index contributed by atoms with van der Waals surface area (Å²) in [5.41, 5.74) is 0.871. The Labute approximate surface area is 141 Å². The van der Waals surface area contributed by atoms with Crippen LogP contribution in [0.2, 0.25) is 5.82 Å². The zero-order valence-corrected chi connectivity index (χ0v) is 15.1. The van der Waals surface area contributed by atoms with Gasteiger partial charge in [-0.05, 0) is 0 Å². The van der Waals surface area contributed by atoms with Crippen LogP contribution in [0.3, 0.4) is 0 Å². The minimum absolute atomic E-state index is 0.0706. The predicted molar refractivity (Wildman–Crippen MR) is 88.9 cm³/mol. The van der Waals surface area contributed by atoms with Gasteiger partial charge in [-0.25, -0.2) is 0 Å². The molecule has 0 amide bonds. The summed E-state index contributed by atoms with van der Waals surface area (Å²) >= 11 is 0.136. The molecule has 2 rings (SSSR count). The van der Waals surface area contributed by atoms with Crippen molar-refractivity contribution in [3.8, 4) is 23.0 Å². The zero-order valence-electron chi connectivity index (χ0n) is 13.4. The molecule has 0 unspecified atom stereocenters. The number of benzene rings is 2. The first-order valence-electron chi connectivity index (χ1n) is 6.77. The third-order valence-electron chi connectivity index (χ3n) is 3.37. The summed E-state index contributed by atoms with van der Waals surface area (Å²) in [5.74, 6) is 3.27. The number of ether oxygens (including phenoxy) is 3. The number of carbonyl (C=O) groups excluding carboxylic acids is 1. The van der Waals surface area contributed by atoms with E-state index in [-0.39, 0.29) is 26.5 Å². The fourth-order valence-corrected chi connectivity index (χ4v) is 3.50. The summed E-state index contributed by atoms with van der Waals surface area (Å²) in [5, 5.41) is 9.85. The van der Waals surface area contributed by atoms with E-state index in [1.165, 1.54) is 20.3 Å². The molecule has 6 heteroatoms. The molecule has 122 valence electrons. The molecule has 0 aliphatic heterocycles. The number of hydrogen-bond acceptors (Lipinski definition) is 5. The molecule has 0 aliphatic carbocycles. The van der Waals surface area contributed by atoms with Gasteiger partial charge in [0, 0.05) is 0 Å². The molecule has 2 aromatic rings. The number of carbonyl (C=O) groups is 1. The molecule has 23 heavy (non-hydrogen) atoms. The van der Waals surface area contributed by atoms with Crippen molar-refractivity contribution in [1.82, 2.24) is 0 Å². The number of ketones is 1. The Hall–Kier alpha value is -2.17. The zero-order chi connectivity index (χ0) is 17.0. The van der Waals surface area contributed by atoms with Crippen LogP contribution in [-0.4, -0.2) is 47.2 Å². The molecule has 0 heterocycles. The molecular weight excluding hydrogens is 363 g/mol. The van der Waals surface area contributed by atoms with Crippen LogP contribution in [0.5, 0.6) is 23.0 Å². The molecule has 0 bridgehead atoms. The summed E-state index contributed by atoms with van der Waals surface area (Å²) in [4.78, 5) is 12.7. The first kappa shape index (κ1) is 17.2. The summed E-state index contributed by atoms with van der Waals surface area (Å²) in [7, 11) is 4.58. The van der Waals surface area contributed by atoms with Crippen molar-refractivity contribution in [2.45, 2.75) is 5.82 Å². The van der Waals surface area contributed by atoms with Gasteiger partial charge in [0.15, 0.2) is 0 Å². The first-order valence-corrected chi connectivity index (χ1v) is 9.34. The average Bonchev–Trinajstić information content (AvgIpc) is 2.59. The van der Waals surface area contributed by atoms with Crippen LogP contribution in [0.15, 0.2) is 30.3 Å². The number of hydrogen-bond donors (Lipinski definition) is 1. The van der Waals surface area contributed by atoms with Crippen LogP contribution in [0, 0.1) is 0 Å².